The lowest BCUT2D eigenvalue weighted by molar-refractivity contribution is -0.116. The van der Waals surface area contributed by atoms with E-state index in [1.54, 1.807) is 25.1 Å². The van der Waals surface area contributed by atoms with Crippen LogP contribution in [0.3, 0.4) is 0 Å². The zero-order valence-electron chi connectivity index (χ0n) is 13.1. The molecule has 0 radical (unpaired) electrons. The van der Waals surface area contributed by atoms with Crippen LogP contribution in [0.5, 0.6) is 11.5 Å². The molecule has 0 aliphatic rings. The first kappa shape index (κ1) is 18.3. The third-order valence-electron chi connectivity index (χ3n) is 2.70. The number of ether oxygens (including phenoxy) is 2. The largest absolute Gasteiger partial charge is 0.493 e. The number of rotatable bonds is 8. The van der Waals surface area contributed by atoms with Crippen LogP contribution in [0.25, 0.3) is 6.08 Å². The molecular formula is C16H22ClNO4. The molecule has 122 valence electrons. The molecule has 0 saturated carbocycles. The van der Waals surface area contributed by atoms with Crippen LogP contribution < -0.4 is 14.8 Å². The van der Waals surface area contributed by atoms with Crippen LogP contribution >= 0.6 is 11.6 Å². The van der Waals surface area contributed by atoms with E-state index in [9.17, 15) is 4.79 Å². The van der Waals surface area contributed by atoms with Gasteiger partial charge < -0.3 is 19.9 Å². The molecule has 1 aromatic carbocycles. The summed E-state index contributed by atoms with van der Waals surface area (Å²) < 4.78 is 10.8. The van der Waals surface area contributed by atoms with Crippen molar-refractivity contribution in [2.45, 2.75) is 26.4 Å². The summed E-state index contributed by atoms with van der Waals surface area (Å²) in [7, 11) is 1.54. The number of carbonyl (C=O) groups is 1. The van der Waals surface area contributed by atoms with Crippen LogP contribution in [-0.2, 0) is 4.79 Å². The van der Waals surface area contributed by atoms with E-state index >= 15 is 0 Å². The molecule has 5 nitrogen and oxygen atoms in total. The monoisotopic (exact) mass is 327 g/mol. The van der Waals surface area contributed by atoms with Crippen molar-refractivity contribution in [2.75, 3.05) is 20.3 Å². The third-order valence-corrected chi connectivity index (χ3v) is 2.98. The summed E-state index contributed by atoms with van der Waals surface area (Å²) in [6, 6.07) is 3.45. The molecule has 0 heterocycles. The van der Waals surface area contributed by atoms with Gasteiger partial charge in [0.1, 0.15) is 0 Å². The summed E-state index contributed by atoms with van der Waals surface area (Å²) in [6.07, 6.45) is 3.28. The van der Waals surface area contributed by atoms with Gasteiger partial charge in [0.05, 0.1) is 24.8 Å². The Balaban J connectivity index is 2.83. The highest BCUT2D eigenvalue weighted by Gasteiger charge is 2.11. The minimum absolute atomic E-state index is 0.205. The first-order chi connectivity index (χ1) is 10.5. The fourth-order valence-electron chi connectivity index (χ4n) is 1.66. The average molecular weight is 328 g/mol. The fraction of sp³-hybridized carbons (Fsp3) is 0.438. The molecule has 0 aliphatic heterocycles. The van der Waals surface area contributed by atoms with Crippen LogP contribution in [0.15, 0.2) is 18.2 Å². The van der Waals surface area contributed by atoms with Crippen molar-refractivity contribution >= 4 is 23.6 Å². The predicted octanol–water partition coefficient (Wildman–Crippen LogP) is 2.65. The van der Waals surface area contributed by atoms with Gasteiger partial charge in [-0.2, -0.15) is 0 Å². The van der Waals surface area contributed by atoms with Gasteiger partial charge in [0, 0.05) is 12.6 Å². The van der Waals surface area contributed by atoms with Crippen molar-refractivity contribution in [3.63, 3.8) is 0 Å². The lowest BCUT2D eigenvalue weighted by Gasteiger charge is -2.12. The number of amides is 1. The second-order valence-corrected chi connectivity index (χ2v) is 5.22. The van der Waals surface area contributed by atoms with Crippen molar-refractivity contribution in [3.05, 3.63) is 28.8 Å². The van der Waals surface area contributed by atoms with Crippen LogP contribution in [0.2, 0.25) is 5.02 Å². The summed E-state index contributed by atoms with van der Waals surface area (Å²) in [6.45, 7) is 4.36. The van der Waals surface area contributed by atoms with E-state index in [2.05, 4.69) is 5.32 Å². The van der Waals surface area contributed by atoms with Crippen LogP contribution in [0.4, 0.5) is 0 Å². The molecule has 1 amide bonds. The molecule has 2 N–H and O–H groups in total. The van der Waals surface area contributed by atoms with Gasteiger partial charge >= 0.3 is 0 Å². The summed E-state index contributed by atoms with van der Waals surface area (Å²) >= 11 is 6.19. The molecular weight excluding hydrogens is 306 g/mol. The summed E-state index contributed by atoms with van der Waals surface area (Å²) in [5.74, 6) is 0.731. The molecule has 6 heteroatoms. The van der Waals surface area contributed by atoms with E-state index in [0.717, 1.165) is 12.0 Å². The first-order valence-electron chi connectivity index (χ1n) is 7.12. The van der Waals surface area contributed by atoms with Crippen molar-refractivity contribution in [1.82, 2.24) is 5.32 Å². The Kier molecular flexibility index (Phi) is 7.77. The molecule has 0 aliphatic carbocycles. The number of aliphatic hydroxyl groups excluding tert-OH is 1. The van der Waals surface area contributed by atoms with Crippen molar-refractivity contribution in [2.24, 2.45) is 0 Å². The Morgan fingerprint density at radius 2 is 2.23 bits per heavy atom. The molecule has 0 bridgehead atoms. The topological polar surface area (TPSA) is 67.8 Å². The van der Waals surface area contributed by atoms with E-state index in [-0.39, 0.29) is 12.5 Å². The second-order valence-electron chi connectivity index (χ2n) is 4.81. The third kappa shape index (κ3) is 5.95. The Bertz CT molecular complexity index is 529. The Labute approximate surface area is 135 Å². The number of hydrogen-bond acceptors (Lipinski definition) is 4. The Morgan fingerprint density at radius 1 is 1.50 bits per heavy atom. The van der Waals surface area contributed by atoms with Crippen molar-refractivity contribution < 1.29 is 19.4 Å². The minimum Gasteiger partial charge on any atom is -0.493 e. The SMILES string of the molecule is CCCOc1c(Cl)cc(/C=C/C(=O)NCC(C)O)cc1OC. The van der Waals surface area contributed by atoms with Gasteiger partial charge in [-0.3, -0.25) is 4.79 Å². The molecule has 0 spiro atoms. The molecule has 0 saturated heterocycles. The van der Waals surface area contributed by atoms with Crippen molar-refractivity contribution in [3.8, 4) is 11.5 Å². The molecule has 1 unspecified atom stereocenters. The highest BCUT2D eigenvalue weighted by Crippen LogP contribution is 2.36. The number of hydrogen-bond donors (Lipinski definition) is 2. The average Bonchev–Trinajstić information content (AvgIpc) is 2.49. The van der Waals surface area contributed by atoms with Gasteiger partial charge in [0.15, 0.2) is 11.5 Å². The predicted molar refractivity (Wildman–Crippen MR) is 87.5 cm³/mol. The van der Waals surface area contributed by atoms with Gasteiger partial charge in [0.2, 0.25) is 5.91 Å². The minimum atomic E-state index is -0.582. The Morgan fingerprint density at radius 3 is 2.82 bits per heavy atom. The van der Waals surface area contributed by atoms with Crippen LogP contribution in [-0.4, -0.2) is 37.4 Å². The fourth-order valence-corrected chi connectivity index (χ4v) is 1.93. The zero-order valence-corrected chi connectivity index (χ0v) is 13.8. The molecule has 22 heavy (non-hydrogen) atoms. The van der Waals surface area contributed by atoms with Crippen LogP contribution in [0, 0.1) is 0 Å². The first-order valence-corrected chi connectivity index (χ1v) is 7.50. The molecule has 1 rings (SSSR count). The number of aliphatic hydroxyl groups is 1. The zero-order chi connectivity index (χ0) is 16.5. The normalized spacial score (nSPS) is 12.2. The maximum atomic E-state index is 11.6. The van der Waals surface area contributed by atoms with Gasteiger partial charge in [-0.05, 0) is 37.1 Å². The highest BCUT2D eigenvalue weighted by atomic mass is 35.5. The van der Waals surface area contributed by atoms with E-state index in [1.807, 2.05) is 6.92 Å². The van der Waals surface area contributed by atoms with Crippen LogP contribution in [0.1, 0.15) is 25.8 Å². The maximum Gasteiger partial charge on any atom is 0.244 e. The van der Waals surface area contributed by atoms with Gasteiger partial charge in [-0.25, -0.2) is 0 Å². The van der Waals surface area contributed by atoms with E-state index < -0.39 is 6.10 Å². The Hall–Kier alpha value is -1.72. The second kappa shape index (κ2) is 9.33. The number of methoxy groups -OCH3 is 1. The summed E-state index contributed by atoms with van der Waals surface area (Å²) in [5.41, 5.74) is 0.720. The molecule has 1 aromatic rings. The van der Waals surface area contributed by atoms with E-state index in [1.165, 1.54) is 13.2 Å². The van der Waals surface area contributed by atoms with E-state index in [0.29, 0.717) is 23.1 Å². The lowest BCUT2D eigenvalue weighted by atomic mass is 10.2. The lowest BCUT2D eigenvalue weighted by Crippen LogP contribution is -2.28. The number of carbonyl (C=O) groups excluding carboxylic acids is 1. The molecule has 0 aromatic heterocycles. The molecule has 0 fully saturated rings. The standard InChI is InChI=1S/C16H22ClNO4/c1-4-7-22-16-13(17)8-12(9-14(16)21-3)5-6-15(20)18-10-11(2)19/h5-6,8-9,11,19H,4,7,10H2,1-3H3,(H,18,20)/b6-5+. The number of benzene rings is 1. The smallest absolute Gasteiger partial charge is 0.244 e. The van der Waals surface area contributed by atoms with Gasteiger partial charge in [-0.15, -0.1) is 0 Å². The van der Waals surface area contributed by atoms with Gasteiger partial charge in [-0.1, -0.05) is 18.5 Å². The highest BCUT2D eigenvalue weighted by molar-refractivity contribution is 6.32. The summed E-state index contributed by atoms with van der Waals surface area (Å²) in [4.78, 5) is 11.6. The number of halogens is 1. The quantitative estimate of drug-likeness (QED) is 0.720. The maximum absolute atomic E-state index is 11.6. The van der Waals surface area contributed by atoms with Crippen molar-refractivity contribution in [1.29, 1.82) is 0 Å². The van der Waals surface area contributed by atoms with Gasteiger partial charge in [0.25, 0.3) is 0 Å². The number of nitrogens with one attached hydrogen (secondary N) is 1. The van der Waals surface area contributed by atoms with E-state index in [4.69, 9.17) is 26.2 Å². The summed E-state index contributed by atoms with van der Waals surface area (Å²) in [5, 5.41) is 12.1. The molecule has 1 atom stereocenters.